The van der Waals surface area contributed by atoms with Gasteiger partial charge in [-0.2, -0.15) is 0 Å². The van der Waals surface area contributed by atoms with Crippen LogP contribution in [0, 0.1) is 16.0 Å². The fourth-order valence-electron chi connectivity index (χ4n) is 2.80. The Morgan fingerprint density at radius 3 is 2.63 bits per heavy atom. The summed E-state index contributed by atoms with van der Waals surface area (Å²) in [7, 11) is 0. The lowest BCUT2D eigenvalue weighted by atomic mass is 9.85. The molecule has 0 aliphatic heterocycles. The second-order valence-electron chi connectivity index (χ2n) is 6.53. The Morgan fingerprint density at radius 2 is 1.96 bits per heavy atom. The van der Waals surface area contributed by atoms with Crippen LogP contribution in [0.5, 0.6) is 0 Å². The van der Waals surface area contributed by atoms with E-state index in [1.54, 1.807) is 18.2 Å². The van der Waals surface area contributed by atoms with Crippen molar-refractivity contribution in [2.24, 2.45) is 5.92 Å². The average molecular weight is 368 g/mol. The van der Waals surface area contributed by atoms with Crippen LogP contribution in [-0.2, 0) is 11.3 Å². The van der Waals surface area contributed by atoms with E-state index in [1.807, 2.05) is 6.07 Å². The van der Waals surface area contributed by atoms with Crippen molar-refractivity contribution in [2.45, 2.75) is 25.8 Å². The van der Waals surface area contributed by atoms with Crippen molar-refractivity contribution >= 4 is 28.9 Å². The lowest BCUT2D eigenvalue weighted by Crippen LogP contribution is -2.28. The summed E-state index contributed by atoms with van der Waals surface area (Å²) in [6, 6.07) is 11.1. The van der Waals surface area contributed by atoms with Gasteiger partial charge in [-0.1, -0.05) is 18.6 Å². The third kappa shape index (κ3) is 4.41. The topological polar surface area (TPSA) is 127 Å². The molecule has 0 atom stereocenters. The Labute approximate surface area is 155 Å². The molecule has 0 heterocycles. The lowest BCUT2D eigenvalue weighted by molar-refractivity contribution is -0.383. The van der Waals surface area contributed by atoms with E-state index in [2.05, 4.69) is 10.6 Å². The van der Waals surface area contributed by atoms with Gasteiger partial charge in [0.15, 0.2) is 0 Å². The highest BCUT2D eigenvalue weighted by molar-refractivity contribution is 5.95. The Balaban J connectivity index is 1.62. The standard InChI is InChI=1S/C19H20N4O4/c20-16-8-7-14(10-17(16)23(26)27)18(24)21-11-12-3-1-6-15(9-12)22-19(25)13-4-2-5-13/h1,3,6-10,13H,2,4-5,11,20H2,(H,21,24)(H,22,25). The maximum atomic E-state index is 12.3. The quantitative estimate of drug-likeness (QED) is 0.410. The van der Waals surface area contributed by atoms with Gasteiger partial charge in [-0.3, -0.25) is 19.7 Å². The van der Waals surface area contributed by atoms with Gasteiger partial charge in [0, 0.05) is 29.8 Å². The Bertz CT molecular complexity index is 893. The second kappa shape index (κ2) is 7.86. The van der Waals surface area contributed by atoms with E-state index in [-0.39, 0.29) is 35.3 Å². The molecule has 0 spiro atoms. The van der Waals surface area contributed by atoms with E-state index >= 15 is 0 Å². The first-order chi connectivity index (χ1) is 12.9. The number of carbonyl (C=O) groups is 2. The van der Waals surface area contributed by atoms with Gasteiger partial charge in [0.1, 0.15) is 5.69 Å². The van der Waals surface area contributed by atoms with Gasteiger partial charge in [-0.05, 0) is 42.7 Å². The fourth-order valence-corrected chi connectivity index (χ4v) is 2.80. The summed E-state index contributed by atoms with van der Waals surface area (Å²) >= 11 is 0. The lowest BCUT2D eigenvalue weighted by Gasteiger charge is -2.24. The minimum Gasteiger partial charge on any atom is -0.393 e. The summed E-state index contributed by atoms with van der Waals surface area (Å²) < 4.78 is 0. The summed E-state index contributed by atoms with van der Waals surface area (Å²) in [4.78, 5) is 34.6. The first-order valence-electron chi connectivity index (χ1n) is 8.66. The summed E-state index contributed by atoms with van der Waals surface area (Å²) in [5, 5.41) is 16.5. The van der Waals surface area contributed by atoms with E-state index in [1.165, 1.54) is 12.1 Å². The van der Waals surface area contributed by atoms with Crippen LogP contribution >= 0.6 is 0 Å². The van der Waals surface area contributed by atoms with Gasteiger partial charge in [0.05, 0.1) is 4.92 Å². The number of nitro groups is 1. The van der Waals surface area contributed by atoms with Gasteiger partial charge < -0.3 is 16.4 Å². The highest BCUT2D eigenvalue weighted by Gasteiger charge is 2.25. The molecule has 0 bridgehead atoms. The Hall–Kier alpha value is -3.42. The van der Waals surface area contributed by atoms with Crippen LogP contribution in [0.4, 0.5) is 17.1 Å². The molecule has 1 fully saturated rings. The molecule has 0 saturated heterocycles. The zero-order valence-corrected chi connectivity index (χ0v) is 14.6. The summed E-state index contributed by atoms with van der Waals surface area (Å²) in [6.45, 7) is 0.226. The van der Waals surface area contributed by atoms with E-state index in [4.69, 9.17) is 5.73 Å². The number of nitrogens with zero attached hydrogens (tertiary/aromatic N) is 1. The number of nitrogens with two attached hydrogens (primary N) is 1. The molecule has 8 nitrogen and oxygen atoms in total. The van der Waals surface area contributed by atoms with Crippen LogP contribution in [0.15, 0.2) is 42.5 Å². The molecule has 2 aromatic rings. The van der Waals surface area contributed by atoms with Crippen molar-refractivity contribution in [1.82, 2.24) is 5.32 Å². The minimum absolute atomic E-state index is 0.00598. The molecular formula is C19H20N4O4. The molecule has 2 amide bonds. The van der Waals surface area contributed by atoms with E-state index in [0.29, 0.717) is 5.69 Å². The molecule has 8 heteroatoms. The first-order valence-corrected chi connectivity index (χ1v) is 8.66. The molecule has 4 N–H and O–H groups in total. The number of hydrogen-bond acceptors (Lipinski definition) is 5. The molecule has 1 saturated carbocycles. The van der Waals surface area contributed by atoms with Crippen molar-refractivity contribution in [3.05, 3.63) is 63.7 Å². The van der Waals surface area contributed by atoms with Crippen molar-refractivity contribution in [2.75, 3.05) is 11.1 Å². The number of rotatable bonds is 6. The molecular weight excluding hydrogens is 348 g/mol. The molecule has 0 radical (unpaired) electrons. The predicted molar refractivity (Wildman–Crippen MR) is 101 cm³/mol. The number of amides is 2. The Kier molecular flexibility index (Phi) is 5.35. The smallest absolute Gasteiger partial charge is 0.292 e. The van der Waals surface area contributed by atoms with Gasteiger partial charge in [-0.15, -0.1) is 0 Å². The number of hydrogen-bond donors (Lipinski definition) is 3. The van der Waals surface area contributed by atoms with Crippen LogP contribution in [-0.4, -0.2) is 16.7 Å². The van der Waals surface area contributed by atoms with Crippen molar-refractivity contribution in [3.63, 3.8) is 0 Å². The maximum absolute atomic E-state index is 12.3. The van der Waals surface area contributed by atoms with Gasteiger partial charge in [-0.25, -0.2) is 0 Å². The molecule has 1 aliphatic rings. The summed E-state index contributed by atoms with van der Waals surface area (Å²) in [5.41, 5.74) is 6.89. The number of anilines is 2. The molecule has 3 rings (SSSR count). The average Bonchev–Trinajstić information content (AvgIpc) is 2.58. The molecule has 2 aromatic carbocycles. The zero-order chi connectivity index (χ0) is 19.4. The third-order valence-corrected chi connectivity index (χ3v) is 4.61. The normalized spacial score (nSPS) is 13.5. The molecule has 1 aliphatic carbocycles. The monoisotopic (exact) mass is 368 g/mol. The highest BCUT2D eigenvalue weighted by Crippen LogP contribution is 2.27. The summed E-state index contributed by atoms with van der Waals surface area (Å²) in [5.74, 6) is -0.326. The van der Waals surface area contributed by atoms with Crippen molar-refractivity contribution < 1.29 is 14.5 Å². The van der Waals surface area contributed by atoms with Crippen molar-refractivity contribution in [3.8, 4) is 0 Å². The van der Waals surface area contributed by atoms with Gasteiger partial charge >= 0.3 is 0 Å². The third-order valence-electron chi connectivity index (χ3n) is 4.61. The SMILES string of the molecule is Nc1ccc(C(=O)NCc2cccc(NC(=O)C3CCC3)c2)cc1[N+](=O)[O-]. The largest absolute Gasteiger partial charge is 0.393 e. The fraction of sp³-hybridized carbons (Fsp3) is 0.263. The number of nitrogen functional groups attached to an aromatic ring is 1. The van der Waals surface area contributed by atoms with Crippen molar-refractivity contribution in [1.29, 1.82) is 0 Å². The first kappa shape index (κ1) is 18.4. The second-order valence-corrected chi connectivity index (χ2v) is 6.53. The van der Waals surface area contributed by atoms with Crippen LogP contribution in [0.25, 0.3) is 0 Å². The molecule has 27 heavy (non-hydrogen) atoms. The van der Waals surface area contributed by atoms with Crippen LogP contribution in [0.3, 0.4) is 0 Å². The number of benzene rings is 2. The minimum atomic E-state index is -0.625. The van der Waals surface area contributed by atoms with E-state index < -0.39 is 10.8 Å². The number of nitro benzene ring substituents is 1. The van der Waals surface area contributed by atoms with Crippen LogP contribution < -0.4 is 16.4 Å². The summed E-state index contributed by atoms with van der Waals surface area (Å²) in [6.07, 6.45) is 2.94. The molecule has 140 valence electrons. The highest BCUT2D eigenvalue weighted by atomic mass is 16.6. The zero-order valence-electron chi connectivity index (χ0n) is 14.6. The van der Waals surface area contributed by atoms with Gasteiger partial charge in [0.2, 0.25) is 5.91 Å². The van der Waals surface area contributed by atoms with E-state index in [9.17, 15) is 19.7 Å². The maximum Gasteiger partial charge on any atom is 0.292 e. The Morgan fingerprint density at radius 1 is 1.19 bits per heavy atom. The van der Waals surface area contributed by atoms with E-state index in [0.717, 1.165) is 30.9 Å². The molecule has 0 aromatic heterocycles. The molecule has 0 unspecified atom stereocenters. The number of nitrogens with one attached hydrogen (secondary N) is 2. The van der Waals surface area contributed by atoms with Crippen LogP contribution in [0.2, 0.25) is 0 Å². The number of carbonyl (C=O) groups excluding carboxylic acids is 2. The van der Waals surface area contributed by atoms with Gasteiger partial charge in [0.25, 0.3) is 11.6 Å². The van der Waals surface area contributed by atoms with Crippen LogP contribution in [0.1, 0.15) is 35.2 Å². The predicted octanol–water partition coefficient (Wildman–Crippen LogP) is 2.85.